The van der Waals surface area contributed by atoms with Gasteiger partial charge in [-0.1, -0.05) is 0 Å². The Morgan fingerprint density at radius 2 is 2.47 bits per heavy atom. The molecule has 0 saturated carbocycles. The zero-order valence-electron chi connectivity index (χ0n) is 8.13. The van der Waals surface area contributed by atoms with E-state index in [1.54, 1.807) is 6.20 Å². The molecule has 15 heavy (non-hydrogen) atoms. The molecule has 2 aromatic heterocycles. The van der Waals surface area contributed by atoms with Gasteiger partial charge in [0.25, 0.3) is 5.78 Å². The van der Waals surface area contributed by atoms with E-state index in [0.29, 0.717) is 12.4 Å². The summed E-state index contributed by atoms with van der Waals surface area (Å²) in [7, 11) is 0. The molecule has 1 fully saturated rings. The molecular formula is C9H11N5O. The summed E-state index contributed by atoms with van der Waals surface area (Å²) in [5.41, 5.74) is 0. The zero-order chi connectivity index (χ0) is 10.1. The van der Waals surface area contributed by atoms with Crippen molar-refractivity contribution >= 4 is 5.78 Å². The molecule has 3 heterocycles. The first-order chi connectivity index (χ1) is 7.45. The molecule has 3 rings (SSSR count). The molecule has 1 aliphatic heterocycles. The number of nitrogens with one attached hydrogen (secondary N) is 1. The van der Waals surface area contributed by atoms with Gasteiger partial charge >= 0.3 is 0 Å². The third kappa shape index (κ3) is 1.47. The quantitative estimate of drug-likeness (QED) is 0.697. The lowest BCUT2D eigenvalue weighted by Gasteiger charge is -2.21. The fraction of sp³-hybridized carbons (Fsp3) is 0.444. The van der Waals surface area contributed by atoms with Crippen LogP contribution in [0.1, 0.15) is 11.9 Å². The molecular weight excluding hydrogens is 194 g/mol. The zero-order valence-corrected chi connectivity index (χ0v) is 8.13. The highest BCUT2D eigenvalue weighted by Crippen LogP contribution is 2.16. The molecule has 1 atom stereocenters. The number of hydrogen-bond acceptors (Lipinski definition) is 5. The number of fused-ring (bicyclic) bond motifs is 1. The van der Waals surface area contributed by atoms with Crippen LogP contribution in [0.15, 0.2) is 18.5 Å². The number of morpholine rings is 1. The molecule has 6 heteroatoms. The summed E-state index contributed by atoms with van der Waals surface area (Å²) in [6.07, 6.45) is 3.57. The Hall–Kier alpha value is -1.53. The second-order valence-electron chi connectivity index (χ2n) is 3.41. The van der Waals surface area contributed by atoms with Crippen LogP contribution in [0, 0.1) is 0 Å². The first-order valence-corrected chi connectivity index (χ1v) is 4.93. The van der Waals surface area contributed by atoms with Crippen molar-refractivity contribution in [2.75, 3.05) is 19.7 Å². The number of hydrogen-bond donors (Lipinski definition) is 1. The maximum atomic E-state index is 5.62. The SMILES string of the molecule is c1cnc2nnc(C3CNCCO3)n2c1. The summed E-state index contributed by atoms with van der Waals surface area (Å²) < 4.78 is 7.48. The van der Waals surface area contributed by atoms with E-state index >= 15 is 0 Å². The summed E-state index contributed by atoms with van der Waals surface area (Å²) in [6, 6.07) is 1.86. The van der Waals surface area contributed by atoms with E-state index in [0.717, 1.165) is 18.9 Å². The van der Waals surface area contributed by atoms with Crippen molar-refractivity contribution < 1.29 is 4.74 Å². The average molecular weight is 205 g/mol. The predicted octanol–water partition coefficient (Wildman–Crippen LogP) is -0.215. The minimum atomic E-state index is -0.0297. The van der Waals surface area contributed by atoms with E-state index < -0.39 is 0 Å². The van der Waals surface area contributed by atoms with Crippen molar-refractivity contribution in [3.63, 3.8) is 0 Å². The van der Waals surface area contributed by atoms with Gasteiger partial charge in [0.2, 0.25) is 0 Å². The Kier molecular flexibility index (Phi) is 2.08. The molecule has 6 nitrogen and oxygen atoms in total. The highest BCUT2D eigenvalue weighted by atomic mass is 16.5. The van der Waals surface area contributed by atoms with Crippen molar-refractivity contribution in [1.29, 1.82) is 0 Å². The predicted molar refractivity (Wildman–Crippen MR) is 52.3 cm³/mol. The molecule has 1 N–H and O–H groups in total. The van der Waals surface area contributed by atoms with Crippen molar-refractivity contribution in [3.8, 4) is 0 Å². The monoisotopic (exact) mass is 205 g/mol. The molecule has 0 spiro atoms. The van der Waals surface area contributed by atoms with Gasteiger partial charge < -0.3 is 10.1 Å². The standard InChI is InChI=1S/C9H11N5O/c1-2-11-9-13-12-8(14(9)4-1)7-6-10-3-5-15-7/h1-2,4,7,10H,3,5-6H2. The third-order valence-corrected chi connectivity index (χ3v) is 2.43. The first-order valence-electron chi connectivity index (χ1n) is 4.93. The fourth-order valence-corrected chi connectivity index (χ4v) is 1.71. The van der Waals surface area contributed by atoms with E-state index in [1.807, 2.05) is 16.7 Å². The normalized spacial score (nSPS) is 22.0. The first kappa shape index (κ1) is 8.75. The van der Waals surface area contributed by atoms with Crippen LogP contribution in [0.3, 0.4) is 0 Å². The molecule has 78 valence electrons. The van der Waals surface area contributed by atoms with Gasteiger partial charge in [-0.3, -0.25) is 4.40 Å². The Balaban J connectivity index is 2.02. The Morgan fingerprint density at radius 1 is 1.47 bits per heavy atom. The van der Waals surface area contributed by atoms with Crippen molar-refractivity contribution in [2.45, 2.75) is 6.10 Å². The Morgan fingerprint density at radius 3 is 3.33 bits per heavy atom. The second-order valence-corrected chi connectivity index (χ2v) is 3.41. The minimum absolute atomic E-state index is 0.0297. The van der Waals surface area contributed by atoms with E-state index in [4.69, 9.17) is 4.74 Å². The van der Waals surface area contributed by atoms with Crippen molar-refractivity contribution in [2.24, 2.45) is 0 Å². The number of rotatable bonds is 1. The van der Waals surface area contributed by atoms with Crippen molar-refractivity contribution in [3.05, 3.63) is 24.3 Å². The van der Waals surface area contributed by atoms with Crippen LogP contribution in [0.25, 0.3) is 5.78 Å². The maximum absolute atomic E-state index is 5.62. The van der Waals surface area contributed by atoms with E-state index in [2.05, 4.69) is 20.5 Å². The van der Waals surface area contributed by atoms with Gasteiger partial charge in [-0.15, -0.1) is 10.2 Å². The highest BCUT2D eigenvalue weighted by Gasteiger charge is 2.21. The molecule has 1 aliphatic rings. The summed E-state index contributed by atoms with van der Waals surface area (Å²) in [5, 5.41) is 11.4. The van der Waals surface area contributed by atoms with Crippen LogP contribution >= 0.6 is 0 Å². The Labute approximate surface area is 86.3 Å². The molecule has 0 amide bonds. The smallest absolute Gasteiger partial charge is 0.255 e. The molecule has 0 aromatic carbocycles. The summed E-state index contributed by atoms with van der Waals surface area (Å²) in [6.45, 7) is 2.38. The fourth-order valence-electron chi connectivity index (χ4n) is 1.71. The molecule has 0 bridgehead atoms. The van der Waals surface area contributed by atoms with Gasteiger partial charge in [0, 0.05) is 25.5 Å². The van der Waals surface area contributed by atoms with Crippen molar-refractivity contribution in [1.82, 2.24) is 24.9 Å². The number of aromatic nitrogens is 4. The van der Waals surface area contributed by atoms with E-state index in [-0.39, 0.29) is 6.10 Å². The van der Waals surface area contributed by atoms with Crippen LogP contribution < -0.4 is 5.32 Å². The van der Waals surface area contributed by atoms with Gasteiger partial charge in [-0.2, -0.15) is 0 Å². The lowest BCUT2D eigenvalue weighted by Crippen LogP contribution is -2.34. The van der Waals surface area contributed by atoms with Gasteiger partial charge in [-0.25, -0.2) is 4.98 Å². The molecule has 2 aromatic rings. The summed E-state index contributed by atoms with van der Waals surface area (Å²) >= 11 is 0. The molecule has 1 saturated heterocycles. The van der Waals surface area contributed by atoms with Crippen LogP contribution in [-0.4, -0.2) is 39.3 Å². The summed E-state index contributed by atoms with van der Waals surface area (Å²) in [4.78, 5) is 4.11. The van der Waals surface area contributed by atoms with Crippen LogP contribution in [0.4, 0.5) is 0 Å². The molecule has 0 radical (unpaired) electrons. The van der Waals surface area contributed by atoms with Crippen LogP contribution in [0.5, 0.6) is 0 Å². The van der Waals surface area contributed by atoms with Gasteiger partial charge in [0.15, 0.2) is 5.82 Å². The van der Waals surface area contributed by atoms with Gasteiger partial charge in [0.05, 0.1) is 6.61 Å². The Bertz CT molecular complexity index is 462. The maximum Gasteiger partial charge on any atom is 0.255 e. The number of ether oxygens (including phenoxy) is 1. The molecule has 0 aliphatic carbocycles. The number of nitrogens with zero attached hydrogens (tertiary/aromatic N) is 4. The van der Waals surface area contributed by atoms with Gasteiger partial charge in [-0.05, 0) is 6.07 Å². The third-order valence-electron chi connectivity index (χ3n) is 2.43. The minimum Gasteiger partial charge on any atom is -0.368 e. The topological polar surface area (TPSA) is 64.3 Å². The van der Waals surface area contributed by atoms with E-state index in [9.17, 15) is 0 Å². The second kappa shape index (κ2) is 3.56. The van der Waals surface area contributed by atoms with Crippen LogP contribution in [-0.2, 0) is 4.74 Å². The highest BCUT2D eigenvalue weighted by molar-refractivity contribution is 5.26. The largest absolute Gasteiger partial charge is 0.368 e. The molecule has 1 unspecified atom stereocenters. The average Bonchev–Trinajstić information content (AvgIpc) is 2.74. The van der Waals surface area contributed by atoms with Gasteiger partial charge in [0.1, 0.15) is 6.10 Å². The van der Waals surface area contributed by atoms with E-state index in [1.165, 1.54) is 0 Å². The lowest BCUT2D eigenvalue weighted by molar-refractivity contribution is 0.0215. The lowest BCUT2D eigenvalue weighted by atomic mass is 10.3. The van der Waals surface area contributed by atoms with Crippen LogP contribution in [0.2, 0.25) is 0 Å². The summed E-state index contributed by atoms with van der Waals surface area (Å²) in [5.74, 6) is 1.42.